The molecule has 0 spiro atoms. The van der Waals surface area contributed by atoms with Crippen LogP contribution in [-0.4, -0.2) is 23.9 Å². The van der Waals surface area contributed by atoms with Crippen molar-refractivity contribution in [1.82, 2.24) is 0 Å². The van der Waals surface area contributed by atoms with Crippen LogP contribution in [0.25, 0.3) is 0 Å². The van der Waals surface area contributed by atoms with Gasteiger partial charge < -0.3 is 20.3 Å². The van der Waals surface area contributed by atoms with Crippen molar-refractivity contribution < 1.29 is 14.9 Å². The van der Waals surface area contributed by atoms with Gasteiger partial charge in [-0.1, -0.05) is 23.7 Å². The molecule has 2 aromatic carbocycles. The van der Waals surface area contributed by atoms with E-state index in [1.54, 1.807) is 30.3 Å². The smallest absolute Gasteiger partial charge is 0.160 e. The Bertz CT molecular complexity index is 589. The molecule has 0 bridgehead atoms. The highest BCUT2D eigenvalue weighted by atomic mass is 35.5. The van der Waals surface area contributed by atoms with Crippen molar-refractivity contribution in [2.45, 2.75) is 6.04 Å². The third-order valence-corrected chi connectivity index (χ3v) is 3.19. The number of aromatic hydroxyl groups is 1. The van der Waals surface area contributed by atoms with E-state index >= 15 is 0 Å². The summed E-state index contributed by atoms with van der Waals surface area (Å²) < 4.78 is 5.00. The summed E-state index contributed by atoms with van der Waals surface area (Å²) in [4.78, 5) is 0. The maximum atomic E-state index is 9.79. The average Bonchev–Trinajstić information content (AvgIpc) is 2.44. The summed E-state index contributed by atoms with van der Waals surface area (Å²) in [5.41, 5.74) is 1.55. The summed E-state index contributed by atoms with van der Waals surface area (Å²) >= 11 is 5.92. The minimum Gasteiger partial charge on any atom is -0.504 e. The largest absolute Gasteiger partial charge is 0.504 e. The fraction of sp³-hybridized carbons (Fsp3) is 0.200. The Labute approximate surface area is 122 Å². The second kappa shape index (κ2) is 6.50. The summed E-state index contributed by atoms with van der Waals surface area (Å²) in [6, 6.07) is 11.9. The lowest BCUT2D eigenvalue weighted by Crippen LogP contribution is -2.14. The van der Waals surface area contributed by atoms with Crippen LogP contribution in [0.5, 0.6) is 11.5 Å². The second-order valence-corrected chi connectivity index (χ2v) is 4.76. The summed E-state index contributed by atoms with van der Waals surface area (Å²) in [5.74, 6) is 0.435. The summed E-state index contributed by atoms with van der Waals surface area (Å²) in [6.07, 6.45) is 0. The van der Waals surface area contributed by atoms with Crippen molar-refractivity contribution >= 4 is 17.3 Å². The molecule has 3 N–H and O–H groups in total. The van der Waals surface area contributed by atoms with Crippen LogP contribution < -0.4 is 10.1 Å². The molecule has 0 saturated carbocycles. The zero-order valence-corrected chi connectivity index (χ0v) is 11.8. The first-order chi connectivity index (χ1) is 9.63. The second-order valence-electron chi connectivity index (χ2n) is 4.32. The third kappa shape index (κ3) is 3.35. The Balaban J connectivity index is 2.22. The van der Waals surface area contributed by atoms with Gasteiger partial charge in [0, 0.05) is 10.7 Å². The Morgan fingerprint density at radius 2 is 2.05 bits per heavy atom. The number of hydrogen-bond acceptors (Lipinski definition) is 4. The van der Waals surface area contributed by atoms with Gasteiger partial charge in [0.15, 0.2) is 11.5 Å². The van der Waals surface area contributed by atoms with Crippen molar-refractivity contribution in [3.8, 4) is 11.5 Å². The normalized spacial score (nSPS) is 11.9. The van der Waals surface area contributed by atoms with Gasteiger partial charge in [-0.2, -0.15) is 0 Å². The van der Waals surface area contributed by atoms with Gasteiger partial charge in [0.2, 0.25) is 0 Å². The standard InChI is InChI=1S/C15H16ClNO3/c1-20-15-6-5-10(7-14(15)19)13(9-18)17-12-4-2-3-11(16)8-12/h2-8,13,17-19H,9H2,1H3. The van der Waals surface area contributed by atoms with Crippen LogP contribution in [0.3, 0.4) is 0 Å². The van der Waals surface area contributed by atoms with E-state index in [1.807, 2.05) is 12.1 Å². The number of nitrogens with one attached hydrogen (secondary N) is 1. The number of hydrogen-bond donors (Lipinski definition) is 3. The molecule has 2 rings (SSSR count). The first-order valence-electron chi connectivity index (χ1n) is 6.14. The zero-order valence-electron chi connectivity index (χ0n) is 11.0. The van der Waals surface area contributed by atoms with Crippen molar-refractivity contribution in [2.75, 3.05) is 19.0 Å². The molecule has 0 radical (unpaired) electrons. The molecular formula is C15H16ClNO3. The quantitative estimate of drug-likeness (QED) is 0.792. The van der Waals surface area contributed by atoms with Gasteiger partial charge in [-0.25, -0.2) is 0 Å². The van der Waals surface area contributed by atoms with Crippen LogP contribution in [0.1, 0.15) is 11.6 Å². The van der Waals surface area contributed by atoms with E-state index in [0.29, 0.717) is 10.8 Å². The number of methoxy groups -OCH3 is 1. The van der Waals surface area contributed by atoms with E-state index in [9.17, 15) is 10.2 Å². The van der Waals surface area contributed by atoms with Gasteiger partial charge >= 0.3 is 0 Å². The lowest BCUT2D eigenvalue weighted by molar-refractivity contribution is 0.276. The Morgan fingerprint density at radius 1 is 1.25 bits per heavy atom. The number of aliphatic hydroxyl groups excluding tert-OH is 1. The number of phenols is 1. The first-order valence-corrected chi connectivity index (χ1v) is 6.51. The molecule has 0 heterocycles. The number of ether oxygens (including phenoxy) is 1. The summed E-state index contributed by atoms with van der Waals surface area (Å²) in [6.45, 7) is -0.113. The number of aliphatic hydroxyl groups is 1. The zero-order chi connectivity index (χ0) is 14.5. The van der Waals surface area contributed by atoms with E-state index in [-0.39, 0.29) is 18.4 Å². The minimum absolute atomic E-state index is 0.0383. The molecule has 1 atom stereocenters. The number of anilines is 1. The maximum absolute atomic E-state index is 9.79. The lowest BCUT2D eigenvalue weighted by atomic mass is 10.1. The molecular weight excluding hydrogens is 278 g/mol. The lowest BCUT2D eigenvalue weighted by Gasteiger charge is -2.19. The van der Waals surface area contributed by atoms with Crippen LogP contribution in [0, 0.1) is 0 Å². The predicted molar refractivity (Wildman–Crippen MR) is 79.6 cm³/mol. The predicted octanol–water partition coefficient (Wildman–Crippen LogP) is 3.20. The maximum Gasteiger partial charge on any atom is 0.160 e. The molecule has 0 saturated heterocycles. The molecule has 106 valence electrons. The SMILES string of the molecule is COc1ccc(C(CO)Nc2cccc(Cl)c2)cc1O. The molecule has 4 nitrogen and oxygen atoms in total. The van der Waals surface area contributed by atoms with Crippen LogP contribution in [0.15, 0.2) is 42.5 Å². The molecule has 0 aromatic heterocycles. The number of benzene rings is 2. The van der Waals surface area contributed by atoms with Crippen LogP contribution >= 0.6 is 11.6 Å². The highest BCUT2D eigenvalue weighted by Crippen LogP contribution is 2.30. The molecule has 0 amide bonds. The molecule has 0 fully saturated rings. The van der Waals surface area contributed by atoms with E-state index in [2.05, 4.69) is 5.32 Å². The van der Waals surface area contributed by atoms with Crippen LogP contribution in [0.4, 0.5) is 5.69 Å². The Morgan fingerprint density at radius 3 is 2.65 bits per heavy atom. The highest BCUT2D eigenvalue weighted by Gasteiger charge is 2.13. The molecule has 20 heavy (non-hydrogen) atoms. The van der Waals surface area contributed by atoms with Gasteiger partial charge in [-0.05, 0) is 35.9 Å². The van der Waals surface area contributed by atoms with Crippen LogP contribution in [-0.2, 0) is 0 Å². The third-order valence-electron chi connectivity index (χ3n) is 2.95. The van der Waals surface area contributed by atoms with E-state index in [4.69, 9.17) is 16.3 Å². The average molecular weight is 294 g/mol. The molecule has 2 aromatic rings. The number of phenolic OH excluding ortho intramolecular Hbond substituents is 1. The van der Waals surface area contributed by atoms with Gasteiger partial charge in [0.1, 0.15) is 0 Å². The topological polar surface area (TPSA) is 61.7 Å². The summed E-state index contributed by atoms with van der Waals surface area (Å²) in [7, 11) is 1.49. The Hall–Kier alpha value is -1.91. The molecule has 0 aliphatic heterocycles. The molecule has 1 unspecified atom stereocenters. The van der Waals surface area contributed by atoms with Crippen molar-refractivity contribution in [3.63, 3.8) is 0 Å². The van der Waals surface area contributed by atoms with Crippen molar-refractivity contribution in [3.05, 3.63) is 53.1 Å². The van der Waals surface area contributed by atoms with Gasteiger partial charge in [0.25, 0.3) is 0 Å². The Kier molecular flexibility index (Phi) is 4.71. The van der Waals surface area contributed by atoms with Crippen molar-refractivity contribution in [1.29, 1.82) is 0 Å². The van der Waals surface area contributed by atoms with E-state index < -0.39 is 0 Å². The molecule has 0 aliphatic rings. The highest BCUT2D eigenvalue weighted by molar-refractivity contribution is 6.30. The van der Waals surface area contributed by atoms with E-state index in [1.165, 1.54) is 7.11 Å². The van der Waals surface area contributed by atoms with Crippen molar-refractivity contribution in [2.24, 2.45) is 0 Å². The summed E-state index contributed by atoms with van der Waals surface area (Å²) in [5, 5.41) is 23.1. The molecule has 0 aliphatic carbocycles. The van der Waals surface area contributed by atoms with E-state index in [0.717, 1.165) is 11.3 Å². The first kappa shape index (κ1) is 14.5. The van der Waals surface area contributed by atoms with Gasteiger partial charge in [-0.15, -0.1) is 0 Å². The number of halogens is 1. The van der Waals surface area contributed by atoms with Gasteiger partial charge in [0.05, 0.1) is 19.8 Å². The minimum atomic E-state index is -0.342. The monoisotopic (exact) mass is 293 g/mol. The molecule has 5 heteroatoms. The number of rotatable bonds is 5. The van der Waals surface area contributed by atoms with Crippen LogP contribution in [0.2, 0.25) is 5.02 Å². The fourth-order valence-corrected chi connectivity index (χ4v) is 2.13. The fourth-order valence-electron chi connectivity index (χ4n) is 1.94. The van der Waals surface area contributed by atoms with Gasteiger partial charge in [-0.3, -0.25) is 0 Å².